The van der Waals surface area contributed by atoms with E-state index < -0.39 is 5.97 Å². The molecule has 1 N–H and O–H groups in total. The zero-order valence-electron chi connectivity index (χ0n) is 10.3. The first-order chi connectivity index (χ1) is 9.65. The van der Waals surface area contributed by atoms with Crippen LogP contribution in [0.5, 0.6) is 0 Å². The highest BCUT2D eigenvalue weighted by atomic mass is 16.4. The first kappa shape index (κ1) is 12.1. The molecule has 0 saturated carbocycles. The van der Waals surface area contributed by atoms with E-state index in [0.717, 1.165) is 0 Å². The summed E-state index contributed by atoms with van der Waals surface area (Å²) in [6.45, 7) is 0.195. The van der Waals surface area contributed by atoms with Gasteiger partial charge in [-0.3, -0.25) is 9.38 Å². The van der Waals surface area contributed by atoms with Gasteiger partial charge in [0.1, 0.15) is 0 Å². The highest BCUT2D eigenvalue weighted by Gasteiger charge is 2.08. The van der Waals surface area contributed by atoms with Gasteiger partial charge in [-0.1, -0.05) is 6.07 Å². The first-order valence-corrected chi connectivity index (χ1v) is 5.87. The van der Waals surface area contributed by atoms with E-state index >= 15 is 0 Å². The van der Waals surface area contributed by atoms with Gasteiger partial charge in [-0.25, -0.2) is 14.3 Å². The van der Waals surface area contributed by atoms with Gasteiger partial charge in [0.2, 0.25) is 0 Å². The zero-order chi connectivity index (χ0) is 14.1. The molecule has 0 aliphatic carbocycles. The second-order valence-corrected chi connectivity index (χ2v) is 4.21. The Labute approximate surface area is 112 Å². The maximum atomic E-state index is 12.0. The number of pyridine rings is 2. The van der Waals surface area contributed by atoms with Gasteiger partial charge in [0.25, 0.3) is 0 Å². The van der Waals surface area contributed by atoms with Crippen LogP contribution < -0.4 is 5.69 Å². The van der Waals surface area contributed by atoms with Gasteiger partial charge >= 0.3 is 11.7 Å². The lowest BCUT2D eigenvalue weighted by Crippen LogP contribution is -2.22. The van der Waals surface area contributed by atoms with Crippen molar-refractivity contribution in [1.29, 1.82) is 0 Å². The number of rotatable bonds is 3. The van der Waals surface area contributed by atoms with Crippen molar-refractivity contribution in [3.8, 4) is 0 Å². The zero-order valence-corrected chi connectivity index (χ0v) is 10.3. The van der Waals surface area contributed by atoms with Crippen LogP contribution in [0.1, 0.15) is 16.1 Å². The van der Waals surface area contributed by atoms with Crippen LogP contribution in [0.3, 0.4) is 0 Å². The highest BCUT2D eigenvalue weighted by Crippen LogP contribution is 2.02. The van der Waals surface area contributed by atoms with Crippen LogP contribution in [0, 0.1) is 0 Å². The van der Waals surface area contributed by atoms with Crippen molar-refractivity contribution in [2.45, 2.75) is 6.54 Å². The van der Waals surface area contributed by atoms with Crippen LogP contribution in [0.2, 0.25) is 0 Å². The van der Waals surface area contributed by atoms with E-state index in [9.17, 15) is 9.59 Å². The van der Waals surface area contributed by atoms with E-state index in [1.54, 1.807) is 30.5 Å². The Morgan fingerprint density at radius 1 is 1.25 bits per heavy atom. The molecule has 0 saturated heterocycles. The summed E-state index contributed by atoms with van der Waals surface area (Å²) in [6, 6.07) is 8.30. The minimum atomic E-state index is -1.03. The maximum Gasteiger partial charge on any atom is 0.350 e. The molecule has 3 rings (SSSR count). The fourth-order valence-electron chi connectivity index (χ4n) is 1.87. The number of fused-ring (bicyclic) bond motifs is 1. The Morgan fingerprint density at radius 2 is 2.10 bits per heavy atom. The fraction of sp³-hybridized carbons (Fsp3) is 0.0769. The van der Waals surface area contributed by atoms with Gasteiger partial charge in [-0.2, -0.15) is 0 Å². The lowest BCUT2D eigenvalue weighted by Gasteiger charge is -2.00. The number of aromatic carboxylic acids is 1. The second-order valence-electron chi connectivity index (χ2n) is 4.21. The average Bonchev–Trinajstić information content (AvgIpc) is 2.77. The van der Waals surface area contributed by atoms with Gasteiger partial charge in [-0.15, -0.1) is 5.10 Å². The molecule has 3 heterocycles. The summed E-state index contributed by atoms with van der Waals surface area (Å²) in [5, 5.41) is 13.0. The normalized spacial score (nSPS) is 10.8. The number of carbonyl (C=O) groups is 1. The predicted octanol–water partition coefficient (Wildman–Crippen LogP) is 0.637. The van der Waals surface area contributed by atoms with Crippen molar-refractivity contribution in [2.75, 3.05) is 0 Å². The molecule has 0 aromatic carbocycles. The lowest BCUT2D eigenvalue weighted by atomic mass is 10.2. The third-order valence-electron chi connectivity index (χ3n) is 2.87. The molecule has 20 heavy (non-hydrogen) atoms. The molecular weight excluding hydrogens is 260 g/mol. The van der Waals surface area contributed by atoms with E-state index in [1.165, 1.54) is 21.3 Å². The van der Waals surface area contributed by atoms with Crippen LogP contribution >= 0.6 is 0 Å². The van der Waals surface area contributed by atoms with Crippen molar-refractivity contribution >= 4 is 11.6 Å². The molecule has 0 atom stereocenters. The summed E-state index contributed by atoms with van der Waals surface area (Å²) in [5.74, 6) is -1.03. The Bertz CT molecular complexity index is 833. The van der Waals surface area contributed by atoms with Gasteiger partial charge in [0, 0.05) is 12.4 Å². The van der Waals surface area contributed by atoms with Crippen molar-refractivity contribution in [3.63, 3.8) is 0 Å². The quantitative estimate of drug-likeness (QED) is 0.754. The smallest absolute Gasteiger partial charge is 0.350 e. The molecule has 0 aliphatic rings. The summed E-state index contributed by atoms with van der Waals surface area (Å²) >= 11 is 0. The van der Waals surface area contributed by atoms with Crippen molar-refractivity contribution in [3.05, 3.63) is 64.5 Å². The standard InChI is InChI=1S/C13H10N4O3/c18-12(19)9-4-5-10(14-7-9)8-17-13(20)16-6-2-1-3-11(16)15-17/h1-7H,8H2,(H,18,19). The summed E-state index contributed by atoms with van der Waals surface area (Å²) in [6.07, 6.45) is 2.90. The van der Waals surface area contributed by atoms with Crippen LogP contribution in [0.25, 0.3) is 5.65 Å². The molecular formula is C13H10N4O3. The molecule has 100 valence electrons. The highest BCUT2D eigenvalue weighted by molar-refractivity contribution is 5.87. The summed E-state index contributed by atoms with van der Waals surface area (Å²) in [4.78, 5) is 26.8. The molecule has 0 fully saturated rings. The van der Waals surface area contributed by atoms with E-state index in [2.05, 4.69) is 10.1 Å². The number of carboxylic acid groups (broad SMARTS) is 1. The van der Waals surface area contributed by atoms with Gasteiger partial charge in [0.05, 0.1) is 17.8 Å². The molecule has 0 spiro atoms. The van der Waals surface area contributed by atoms with E-state index in [1.807, 2.05) is 0 Å². The monoisotopic (exact) mass is 270 g/mol. The van der Waals surface area contributed by atoms with E-state index in [4.69, 9.17) is 5.11 Å². The SMILES string of the molecule is O=C(O)c1ccc(Cn2nc3ccccn3c2=O)nc1. The molecule has 0 amide bonds. The summed E-state index contributed by atoms with van der Waals surface area (Å²) in [5.41, 5.74) is 0.973. The largest absolute Gasteiger partial charge is 0.478 e. The number of nitrogens with zero attached hydrogens (tertiary/aromatic N) is 4. The molecule has 3 aromatic heterocycles. The predicted molar refractivity (Wildman–Crippen MR) is 69.8 cm³/mol. The Balaban J connectivity index is 1.95. The summed E-state index contributed by atoms with van der Waals surface area (Å²) in [7, 11) is 0. The Morgan fingerprint density at radius 3 is 2.75 bits per heavy atom. The first-order valence-electron chi connectivity index (χ1n) is 5.87. The third-order valence-corrected chi connectivity index (χ3v) is 2.87. The lowest BCUT2D eigenvalue weighted by molar-refractivity contribution is 0.0696. The Kier molecular flexibility index (Phi) is 2.79. The number of aromatic nitrogens is 4. The average molecular weight is 270 g/mol. The molecule has 3 aromatic rings. The van der Waals surface area contributed by atoms with Crippen LogP contribution in [-0.2, 0) is 6.54 Å². The molecule has 0 bridgehead atoms. The minimum absolute atomic E-state index is 0.107. The molecule has 7 nitrogen and oxygen atoms in total. The summed E-state index contributed by atoms with van der Waals surface area (Å²) < 4.78 is 2.73. The molecule has 0 unspecified atom stereocenters. The van der Waals surface area contributed by atoms with Gasteiger partial charge in [0.15, 0.2) is 5.65 Å². The number of hydrogen-bond acceptors (Lipinski definition) is 4. The Hall–Kier alpha value is -2.96. The van der Waals surface area contributed by atoms with Crippen LogP contribution in [-0.4, -0.2) is 30.2 Å². The van der Waals surface area contributed by atoms with Crippen molar-refractivity contribution in [2.24, 2.45) is 0 Å². The third kappa shape index (κ3) is 2.05. The number of hydrogen-bond donors (Lipinski definition) is 1. The minimum Gasteiger partial charge on any atom is -0.478 e. The van der Waals surface area contributed by atoms with Crippen molar-refractivity contribution < 1.29 is 9.90 Å². The molecule has 0 radical (unpaired) electrons. The van der Waals surface area contributed by atoms with Crippen molar-refractivity contribution in [1.82, 2.24) is 19.2 Å². The van der Waals surface area contributed by atoms with Crippen LogP contribution in [0.4, 0.5) is 0 Å². The molecule has 7 heteroatoms. The van der Waals surface area contributed by atoms with E-state index in [-0.39, 0.29) is 17.8 Å². The second kappa shape index (κ2) is 4.61. The maximum absolute atomic E-state index is 12.0. The topological polar surface area (TPSA) is 89.5 Å². The van der Waals surface area contributed by atoms with Gasteiger partial charge in [-0.05, 0) is 24.3 Å². The number of carboxylic acids is 1. The molecule has 0 aliphatic heterocycles. The van der Waals surface area contributed by atoms with Crippen LogP contribution in [0.15, 0.2) is 47.5 Å². The van der Waals surface area contributed by atoms with E-state index in [0.29, 0.717) is 11.3 Å². The fourth-order valence-corrected chi connectivity index (χ4v) is 1.87. The van der Waals surface area contributed by atoms with Gasteiger partial charge < -0.3 is 5.11 Å².